The highest BCUT2D eigenvalue weighted by Crippen LogP contribution is 2.45. The molecular formula is C21H16FNO3. The molecule has 4 rings (SSSR count). The summed E-state index contributed by atoms with van der Waals surface area (Å²) < 4.78 is 18.9. The lowest BCUT2D eigenvalue weighted by Crippen LogP contribution is -2.28. The number of carbonyl (C=O) groups is 1. The lowest BCUT2D eigenvalue weighted by molar-refractivity contribution is -0.135. The van der Waals surface area contributed by atoms with Gasteiger partial charge in [0.2, 0.25) is 0 Å². The summed E-state index contributed by atoms with van der Waals surface area (Å²) in [4.78, 5) is 15.0. The monoisotopic (exact) mass is 349 g/mol. The van der Waals surface area contributed by atoms with Crippen LogP contribution >= 0.6 is 0 Å². The quantitative estimate of drug-likeness (QED) is 0.552. The highest BCUT2D eigenvalue weighted by Gasteiger charge is 2.34. The number of halogens is 1. The summed E-state index contributed by atoms with van der Waals surface area (Å²) in [6.45, 7) is 0. The summed E-state index contributed by atoms with van der Waals surface area (Å²) in [5.74, 6) is -2.15. The lowest BCUT2D eigenvalue weighted by Gasteiger charge is -2.34. The number of hydrogen-bond acceptors (Lipinski definition) is 4. The van der Waals surface area contributed by atoms with Crippen LogP contribution in [0.5, 0.6) is 11.5 Å². The second-order valence-electron chi connectivity index (χ2n) is 6.18. The van der Waals surface area contributed by atoms with Gasteiger partial charge in [-0.3, -0.25) is 4.79 Å². The number of rotatable bonds is 2. The number of ether oxygens (including phenoxy) is 1. The molecule has 0 aromatic heterocycles. The van der Waals surface area contributed by atoms with E-state index in [-0.39, 0.29) is 11.5 Å². The maximum atomic E-state index is 13.5. The van der Waals surface area contributed by atoms with E-state index in [4.69, 9.17) is 4.74 Å². The Balaban J connectivity index is 1.78. The Morgan fingerprint density at radius 1 is 1.00 bits per heavy atom. The van der Waals surface area contributed by atoms with E-state index in [1.165, 1.54) is 6.07 Å². The van der Waals surface area contributed by atoms with Crippen molar-refractivity contribution in [3.8, 4) is 11.5 Å². The normalized spacial score (nSPS) is 13.1. The minimum Gasteiger partial charge on any atom is -0.508 e. The number of benzene rings is 3. The molecule has 5 heteroatoms. The van der Waals surface area contributed by atoms with E-state index in [1.54, 1.807) is 0 Å². The first-order valence-electron chi connectivity index (χ1n) is 8.17. The molecule has 1 heterocycles. The molecule has 1 aliphatic rings. The van der Waals surface area contributed by atoms with Gasteiger partial charge in [-0.15, -0.1) is 0 Å². The topological polar surface area (TPSA) is 49.8 Å². The first kappa shape index (κ1) is 16.1. The average Bonchev–Trinajstić information content (AvgIpc) is 2.61. The molecule has 0 saturated heterocycles. The van der Waals surface area contributed by atoms with Crippen LogP contribution in [0.1, 0.15) is 17.0 Å². The third-order valence-corrected chi connectivity index (χ3v) is 4.53. The van der Waals surface area contributed by atoms with Crippen LogP contribution in [0.15, 0.2) is 66.7 Å². The summed E-state index contributed by atoms with van der Waals surface area (Å²) in [5, 5.41) is 9.53. The van der Waals surface area contributed by atoms with E-state index < -0.39 is 17.7 Å². The van der Waals surface area contributed by atoms with Crippen LogP contribution in [-0.4, -0.2) is 18.1 Å². The Labute approximate surface area is 150 Å². The van der Waals surface area contributed by atoms with Crippen LogP contribution in [0.2, 0.25) is 0 Å². The van der Waals surface area contributed by atoms with Gasteiger partial charge in [0.1, 0.15) is 23.2 Å². The molecule has 26 heavy (non-hydrogen) atoms. The molecule has 0 unspecified atom stereocenters. The van der Waals surface area contributed by atoms with Crippen molar-refractivity contribution in [2.24, 2.45) is 0 Å². The molecular weight excluding hydrogens is 333 g/mol. The first-order chi connectivity index (χ1) is 12.5. The number of anilines is 2. The maximum absolute atomic E-state index is 13.5. The maximum Gasteiger partial charge on any atom is 0.323 e. The zero-order valence-corrected chi connectivity index (χ0v) is 14.0. The molecule has 0 spiro atoms. The van der Waals surface area contributed by atoms with Gasteiger partial charge in [0.25, 0.3) is 0 Å². The smallest absolute Gasteiger partial charge is 0.323 e. The lowest BCUT2D eigenvalue weighted by atomic mass is 9.85. The zero-order valence-electron chi connectivity index (χ0n) is 14.0. The molecule has 0 radical (unpaired) electrons. The van der Waals surface area contributed by atoms with Gasteiger partial charge in [0.15, 0.2) is 0 Å². The molecule has 0 aliphatic carbocycles. The Bertz CT molecular complexity index is 934. The van der Waals surface area contributed by atoms with Crippen molar-refractivity contribution < 1.29 is 19.0 Å². The fourth-order valence-corrected chi connectivity index (χ4v) is 3.41. The van der Waals surface area contributed by atoms with E-state index in [9.17, 15) is 14.3 Å². The van der Waals surface area contributed by atoms with Crippen LogP contribution in [0.3, 0.4) is 0 Å². The Kier molecular flexibility index (Phi) is 3.84. The van der Waals surface area contributed by atoms with Crippen molar-refractivity contribution in [2.45, 2.75) is 5.92 Å². The van der Waals surface area contributed by atoms with Gasteiger partial charge < -0.3 is 14.7 Å². The van der Waals surface area contributed by atoms with Crippen LogP contribution in [-0.2, 0) is 4.79 Å². The van der Waals surface area contributed by atoms with E-state index in [0.29, 0.717) is 0 Å². The summed E-state index contributed by atoms with van der Waals surface area (Å²) in [6, 6.07) is 18.5. The Hall–Kier alpha value is -3.34. The fourth-order valence-electron chi connectivity index (χ4n) is 3.41. The van der Waals surface area contributed by atoms with E-state index in [0.717, 1.165) is 34.6 Å². The van der Waals surface area contributed by atoms with Gasteiger partial charge >= 0.3 is 5.97 Å². The number of phenolic OH excluding ortho intramolecular Hbond substituents is 1. The van der Waals surface area contributed by atoms with Crippen molar-refractivity contribution in [3.63, 3.8) is 0 Å². The number of nitrogens with zero attached hydrogens (tertiary/aromatic N) is 1. The van der Waals surface area contributed by atoms with Crippen molar-refractivity contribution in [1.82, 2.24) is 0 Å². The molecule has 0 amide bonds. The Morgan fingerprint density at radius 2 is 1.58 bits per heavy atom. The van der Waals surface area contributed by atoms with Gasteiger partial charge in [-0.05, 0) is 23.3 Å². The predicted octanol–water partition coefficient (Wildman–Crippen LogP) is 4.35. The number of esters is 1. The summed E-state index contributed by atoms with van der Waals surface area (Å²) in [7, 11) is 1.95. The molecule has 4 nitrogen and oxygen atoms in total. The standard InChI is InChI=1S/C21H16FNO3/c1-23-18-8-4-2-6-16(18)20(17-7-3-5-9-19(17)23)21(25)26-15-11-13(22)10-14(24)12-15/h2-12,20,24H,1H3. The zero-order chi connectivity index (χ0) is 18.3. The van der Waals surface area contributed by atoms with Gasteiger partial charge in [-0.25, -0.2) is 4.39 Å². The number of hydrogen-bond donors (Lipinski definition) is 1. The second kappa shape index (κ2) is 6.19. The highest BCUT2D eigenvalue weighted by molar-refractivity contribution is 5.92. The molecule has 0 saturated carbocycles. The number of aromatic hydroxyl groups is 1. The van der Waals surface area contributed by atoms with Gasteiger partial charge in [-0.1, -0.05) is 36.4 Å². The van der Waals surface area contributed by atoms with Gasteiger partial charge in [0, 0.05) is 36.6 Å². The second-order valence-corrected chi connectivity index (χ2v) is 6.18. The van der Waals surface area contributed by atoms with Gasteiger partial charge in [-0.2, -0.15) is 0 Å². The van der Waals surface area contributed by atoms with E-state index in [2.05, 4.69) is 0 Å². The molecule has 1 aliphatic heterocycles. The van der Waals surface area contributed by atoms with E-state index in [1.807, 2.05) is 60.5 Å². The van der Waals surface area contributed by atoms with Crippen LogP contribution in [0.4, 0.5) is 15.8 Å². The molecule has 130 valence electrons. The molecule has 0 fully saturated rings. The molecule has 3 aromatic rings. The molecule has 0 atom stereocenters. The summed E-state index contributed by atoms with van der Waals surface area (Å²) in [6.07, 6.45) is 0. The van der Waals surface area contributed by atoms with E-state index >= 15 is 0 Å². The minimum absolute atomic E-state index is 0.0265. The minimum atomic E-state index is -0.669. The van der Waals surface area contributed by atoms with Crippen molar-refractivity contribution in [2.75, 3.05) is 11.9 Å². The average molecular weight is 349 g/mol. The fraction of sp³-hybridized carbons (Fsp3) is 0.0952. The predicted molar refractivity (Wildman–Crippen MR) is 96.5 cm³/mol. The summed E-state index contributed by atoms with van der Waals surface area (Å²) in [5.41, 5.74) is 3.46. The van der Waals surface area contributed by atoms with Crippen molar-refractivity contribution in [1.29, 1.82) is 0 Å². The van der Waals surface area contributed by atoms with Crippen molar-refractivity contribution in [3.05, 3.63) is 83.7 Å². The molecule has 3 aromatic carbocycles. The molecule has 1 N–H and O–H groups in total. The number of para-hydroxylation sites is 2. The van der Waals surface area contributed by atoms with Crippen LogP contribution in [0, 0.1) is 5.82 Å². The van der Waals surface area contributed by atoms with Crippen LogP contribution in [0.25, 0.3) is 0 Å². The first-order valence-corrected chi connectivity index (χ1v) is 8.17. The Morgan fingerprint density at radius 3 is 2.15 bits per heavy atom. The SMILES string of the molecule is CN1c2ccccc2C(C(=O)Oc2cc(O)cc(F)c2)c2ccccc21. The summed E-state index contributed by atoms with van der Waals surface area (Å²) >= 11 is 0. The third-order valence-electron chi connectivity index (χ3n) is 4.53. The largest absolute Gasteiger partial charge is 0.508 e. The van der Waals surface area contributed by atoms with Crippen molar-refractivity contribution >= 4 is 17.3 Å². The third kappa shape index (κ3) is 2.67. The highest BCUT2D eigenvalue weighted by atomic mass is 19.1. The van der Waals surface area contributed by atoms with Gasteiger partial charge in [0.05, 0.1) is 0 Å². The number of phenols is 1. The van der Waals surface area contributed by atoms with Crippen LogP contribution < -0.4 is 9.64 Å². The number of fused-ring (bicyclic) bond motifs is 2. The number of carbonyl (C=O) groups excluding carboxylic acids is 1. The molecule has 0 bridgehead atoms.